The maximum Gasteiger partial charge on any atom is 0.147 e. The van der Waals surface area contributed by atoms with Gasteiger partial charge >= 0.3 is 0 Å². The Morgan fingerprint density at radius 3 is 2.89 bits per heavy atom. The third kappa shape index (κ3) is 2.58. The Bertz CT molecular complexity index is 575. The van der Waals surface area contributed by atoms with Gasteiger partial charge < -0.3 is 10.4 Å². The predicted octanol–water partition coefficient (Wildman–Crippen LogP) is 3.11. The van der Waals surface area contributed by atoms with Crippen LogP contribution in [0.5, 0.6) is 0 Å². The molecule has 1 aliphatic carbocycles. The van der Waals surface area contributed by atoms with Crippen LogP contribution in [0.25, 0.3) is 10.2 Å². The van der Waals surface area contributed by atoms with Crippen LogP contribution in [0.15, 0.2) is 11.7 Å². The summed E-state index contributed by atoms with van der Waals surface area (Å²) in [4.78, 5) is 8.62. The highest BCUT2D eigenvalue weighted by molar-refractivity contribution is 7.18. The van der Waals surface area contributed by atoms with Crippen LogP contribution in [-0.4, -0.2) is 27.2 Å². The van der Waals surface area contributed by atoms with Crippen molar-refractivity contribution in [3.05, 3.63) is 17.3 Å². The molecule has 5 heteroatoms. The number of aryl methyl sites for hydroxylation is 1. The molecule has 0 aliphatic heterocycles. The Balaban J connectivity index is 1.78. The minimum Gasteiger partial charge on any atom is -0.388 e. The number of nitrogens with zero attached hydrogens (tertiary/aromatic N) is 2. The molecule has 2 heterocycles. The first-order valence-corrected chi connectivity index (χ1v) is 7.71. The van der Waals surface area contributed by atoms with Crippen LogP contribution >= 0.6 is 11.3 Å². The van der Waals surface area contributed by atoms with Crippen molar-refractivity contribution in [3.8, 4) is 0 Å². The normalized spacial score (nSPS) is 18.6. The maximum atomic E-state index is 10.5. The number of fused-ring (bicyclic) bond motifs is 1. The van der Waals surface area contributed by atoms with Crippen molar-refractivity contribution in [3.63, 3.8) is 0 Å². The zero-order valence-corrected chi connectivity index (χ0v) is 12.0. The molecule has 2 aromatic rings. The van der Waals surface area contributed by atoms with Gasteiger partial charge in [-0.3, -0.25) is 0 Å². The fraction of sp³-hybridized carbons (Fsp3) is 0.571. The van der Waals surface area contributed by atoms with E-state index in [1.165, 1.54) is 12.0 Å². The predicted molar refractivity (Wildman–Crippen MR) is 78.7 cm³/mol. The first-order chi connectivity index (χ1) is 9.18. The van der Waals surface area contributed by atoms with Gasteiger partial charge in [-0.15, -0.1) is 11.3 Å². The second-order valence-electron chi connectivity index (χ2n) is 5.46. The highest BCUT2D eigenvalue weighted by Crippen LogP contribution is 2.31. The molecule has 0 bridgehead atoms. The molecule has 19 heavy (non-hydrogen) atoms. The fourth-order valence-corrected chi connectivity index (χ4v) is 3.70. The number of rotatable bonds is 3. The van der Waals surface area contributed by atoms with E-state index in [4.69, 9.17) is 0 Å². The van der Waals surface area contributed by atoms with Crippen LogP contribution in [0.3, 0.4) is 0 Å². The lowest BCUT2D eigenvalue weighted by atomic mass is 9.85. The highest BCUT2D eigenvalue weighted by atomic mass is 32.1. The zero-order valence-electron chi connectivity index (χ0n) is 11.1. The van der Waals surface area contributed by atoms with Gasteiger partial charge in [0.05, 0.1) is 15.8 Å². The molecular formula is C14H19N3OS. The van der Waals surface area contributed by atoms with Crippen molar-refractivity contribution in [2.75, 3.05) is 11.9 Å². The number of nitrogens with one attached hydrogen (secondary N) is 1. The van der Waals surface area contributed by atoms with E-state index in [-0.39, 0.29) is 0 Å². The third-order valence-corrected chi connectivity index (χ3v) is 4.99. The molecule has 0 saturated heterocycles. The van der Waals surface area contributed by atoms with E-state index in [1.807, 2.05) is 0 Å². The van der Waals surface area contributed by atoms with E-state index in [2.05, 4.69) is 27.6 Å². The van der Waals surface area contributed by atoms with Gasteiger partial charge in [0.15, 0.2) is 0 Å². The van der Waals surface area contributed by atoms with E-state index < -0.39 is 5.60 Å². The largest absolute Gasteiger partial charge is 0.388 e. The monoisotopic (exact) mass is 277 g/mol. The first kappa shape index (κ1) is 12.8. The molecule has 1 saturated carbocycles. The molecule has 0 radical (unpaired) electrons. The molecule has 0 aromatic carbocycles. The smallest absolute Gasteiger partial charge is 0.147 e. The Kier molecular flexibility index (Phi) is 3.41. The van der Waals surface area contributed by atoms with Crippen LogP contribution in [-0.2, 0) is 0 Å². The van der Waals surface area contributed by atoms with Gasteiger partial charge in [-0.05, 0) is 30.7 Å². The van der Waals surface area contributed by atoms with E-state index in [0.717, 1.165) is 41.7 Å². The van der Waals surface area contributed by atoms with Gasteiger partial charge in [0.2, 0.25) is 0 Å². The molecule has 102 valence electrons. The van der Waals surface area contributed by atoms with Crippen molar-refractivity contribution in [2.24, 2.45) is 0 Å². The number of aliphatic hydroxyl groups is 1. The second kappa shape index (κ2) is 5.06. The van der Waals surface area contributed by atoms with Crippen LogP contribution in [0.1, 0.15) is 37.7 Å². The first-order valence-electron chi connectivity index (χ1n) is 6.83. The van der Waals surface area contributed by atoms with Gasteiger partial charge in [-0.2, -0.15) is 0 Å². The van der Waals surface area contributed by atoms with Crippen molar-refractivity contribution < 1.29 is 5.11 Å². The molecule has 0 atom stereocenters. The van der Waals surface area contributed by atoms with Gasteiger partial charge in [0.1, 0.15) is 12.1 Å². The Morgan fingerprint density at radius 1 is 1.32 bits per heavy atom. The Hall–Kier alpha value is -1.20. The summed E-state index contributed by atoms with van der Waals surface area (Å²) in [6, 6.07) is 0. The summed E-state index contributed by atoms with van der Waals surface area (Å²) in [6.07, 6.45) is 6.85. The quantitative estimate of drug-likeness (QED) is 0.905. The second-order valence-corrected chi connectivity index (χ2v) is 6.34. The average Bonchev–Trinajstić information content (AvgIpc) is 2.80. The lowest BCUT2D eigenvalue weighted by molar-refractivity contribution is 0.0167. The van der Waals surface area contributed by atoms with Gasteiger partial charge in [-0.25, -0.2) is 9.97 Å². The van der Waals surface area contributed by atoms with Crippen molar-refractivity contribution in [1.82, 2.24) is 9.97 Å². The Labute approximate surface area is 116 Å². The lowest BCUT2D eigenvalue weighted by Crippen LogP contribution is -2.38. The van der Waals surface area contributed by atoms with Gasteiger partial charge in [0.25, 0.3) is 0 Å². The van der Waals surface area contributed by atoms with Gasteiger partial charge in [-0.1, -0.05) is 19.3 Å². The maximum absolute atomic E-state index is 10.5. The van der Waals surface area contributed by atoms with E-state index >= 15 is 0 Å². The van der Waals surface area contributed by atoms with Crippen LogP contribution in [0, 0.1) is 6.92 Å². The molecule has 2 aromatic heterocycles. The molecule has 0 unspecified atom stereocenters. The minimum absolute atomic E-state index is 0.568. The van der Waals surface area contributed by atoms with Crippen molar-refractivity contribution in [1.29, 1.82) is 0 Å². The number of thiophene rings is 1. The van der Waals surface area contributed by atoms with Crippen LogP contribution in [0.2, 0.25) is 0 Å². The summed E-state index contributed by atoms with van der Waals surface area (Å²) in [5.74, 6) is 0.849. The molecule has 0 amide bonds. The fourth-order valence-electron chi connectivity index (χ4n) is 2.73. The molecule has 3 rings (SSSR count). The molecule has 2 N–H and O–H groups in total. The summed E-state index contributed by atoms with van der Waals surface area (Å²) in [7, 11) is 0. The summed E-state index contributed by atoms with van der Waals surface area (Å²) >= 11 is 1.66. The summed E-state index contributed by atoms with van der Waals surface area (Å²) < 4.78 is 1.08. The number of anilines is 1. The molecule has 0 spiro atoms. The number of hydrogen-bond donors (Lipinski definition) is 2. The van der Waals surface area contributed by atoms with E-state index in [0.29, 0.717) is 6.54 Å². The highest BCUT2D eigenvalue weighted by Gasteiger charge is 2.29. The van der Waals surface area contributed by atoms with Crippen LogP contribution < -0.4 is 5.32 Å². The summed E-state index contributed by atoms with van der Waals surface area (Å²) in [5, 5.41) is 15.9. The van der Waals surface area contributed by atoms with Crippen LogP contribution in [0.4, 0.5) is 5.82 Å². The van der Waals surface area contributed by atoms with Gasteiger partial charge in [0, 0.05) is 6.54 Å². The van der Waals surface area contributed by atoms with Crippen molar-refractivity contribution >= 4 is 27.4 Å². The van der Waals surface area contributed by atoms with Crippen molar-refractivity contribution in [2.45, 2.75) is 44.6 Å². The average molecular weight is 277 g/mol. The summed E-state index contributed by atoms with van der Waals surface area (Å²) in [6.45, 7) is 2.64. The standard InChI is InChI=1S/C14H19N3OS/c1-10-7-19-12-11(10)16-9-17-13(12)15-8-14(18)5-3-2-4-6-14/h7,9,18H,2-6,8H2,1H3,(H,15,16,17). The molecule has 1 fully saturated rings. The van der Waals surface area contributed by atoms with E-state index in [9.17, 15) is 5.11 Å². The third-order valence-electron chi connectivity index (χ3n) is 3.90. The zero-order chi connectivity index (χ0) is 13.3. The molecular weight excluding hydrogens is 258 g/mol. The SMILES string of the molecule is Cc1csc2c(NCC3(O)CCCCC3)ncnc12. The van der Waals surface area contributed by atoms with E-state index in [1.54, 1.807) is 17.7 Å². The Morgan fingerprint density at radius 2 is 2.11 bits per heavy atom. The minimum atomic E-state index is -0.568. The molecule has 4 nitrogen and oxygen atoms in total. The molecule has 1 aliphatic rings. The summed E-state index contributed by atoms with van der Waals surface area (Å²) in [5.41, 5.74) is 1.63. The lowest BCUT2D eigenvalue weighted by Gasteiger charge is -2.32. The number of aromatic nitrogens is 2. The number of hydrogen-bond acceptors (Lipinski definition) is 5. The topological polar surface area (TPSA) is 58.0 Å².